The number of aromatic nitrogens is 1. The van der Waals surface area contributed by atoms with Gasteiger partial charge in [0.25, 0.3) is 15.0 Å². The molecule has 0 saturated carbocycles. The molecule has 1 aromatic carbocycles. The number of nitrogens with zero attached hydrogens (tertiary/aromatic N) is 1. The minimum Gasteiger partial charge on any atom is -0.298 e. The van der Waals surface area contributed by atoms with Crippen LogP contribution in [0.15, 0.2) is 22.4 Å². The van der Waals surface area contributed by atoms with Gasteiger partial charge in [0.1, 0.15) is 11.6 Å². The van der Waals surface area contributed by atoms with Crippen LogP contribution in [-0.4, -0.2) is 19.3 Å². The lowest BCUT2D eigenvalue weighted by Crippen LogP contribution is -2.12. The number of aryl methyl sites for hydroxylation is 1. The summed E-state index contributed by atoms with van der Waals surface area (Å²) < 4.78 is 48.3. The average molecular weight is 353 g/mol. The summed E-state index contributed by atoms with van der Waals surface area (Å²) in [4.78, 5) is 15.7. The summed E-state index contributed by atoms with van der Waals surface area (Å²) in [6.07, 6.45) is 0. The Hall–Kier alpha value is -1.58. The van der Waals surface area contributed by atoms with Crippen molar-refractivity contribution in [3.8, 4) is 0 Å². The number of hydrogen-bond acceptors (Lipinski definition) is 5. The van der Waals surface area contributed by atoms with Crippen LogP contribution >= 0.6 is 22.0 Å². The van der Waals surface area contributed by atoms with E-state index in [1.54, 1.807) is 0 Å². The van der Waals surface area contributed by atoms with Gasteiger partial charge in [0.2, 0.25) is 0 Å². The Morgan fingerprint density at radius 3 is 2.33 bits per heavy atom. The van der Waals surface area contributed by atoms with Crippen molar-refractivity contribution in [3.63, 3.8) is 0 Å². The van der Waals surface area contributed by atoms with Gasteiger partial charge in [0.05, 0.1) is 5.69 Å². The maximum Gasteiger partial charge on any atom is 0.272 e. The first-order valence-electron chi connectivity index (χ1n) is 5.36. The summed E-state index contributed by atoms with van der Waals surface area (Å²) in [6.45, 7) is 1.41. The minimum atomic E-state index is -3.97. The molecule has 2 rings (SSSR count). The highest BCUT2D eigenvalue weighted by atomic mass is 35.7. The van der Waals surface area contributed by atoms with Crippen molar-refractivity contribution in [3.05, 3.63) is 41.1 Å². The number of thiazole rings is 1. The average Bonchev–Trinajstić information content (AvgIpc) is 2.68. The minimum absolute atomic E-state index is 0.0404. The van der Waals surface area contributed by atoms with E-state index in [1.165, 1.54) is 6.92 Å². The van der Waals surface area contributed by atoms with Gasteiger partial charge < -0.3 is 0 Å². The molecule has 0 bridgehead atoms. The number of rotatable bonds is 3. The fraction of sp³-hybridized carbons (Fsp3) is 0.0909. The number of nitrogens with one attached hydrogen (secondary N) is 1. The number of hydrogen-bond donors (Lipinski definition) is 1. The summed E-state index contributed by atoms with van der Waals surface area (Å²) in [7, 11) is 1.23. The Labute approximate surface area is 127 Å². The van der Waals surface area contributed by atoms with Gasteiger partial charge in [-0.05, 0) is 19.1 Å². The standard InChI is InChI=1S/C11H7ClF2N2O3S2/c1-5-10(21(12,18)19)20-11(15-5)16-9(17)6-2-7(13)4-8(14)3-6/h2-4H,1H3,(H,15,16,17). The molecule has 0 atom stereocenters. The van der Waals surface area contributed by atoms with Gasteiger partial charge in [0.15, 0.2) is 9.34 Å². The maximum absolute atomic E-state index is 13.0. The van der Waals surface area contributed by atoms with Crippen LogP contribution in [0.4, 0.5) is 13.9 Å². The van der Waals surface area contributed by atoms with E-state index in [2.05, 4.69) is 10.3 Å². The van der Waals surface area contributed by atoms with Crippen LogP contribution in [0.2, 0.25) is 0 Å². The second kappa shape index (κ2) is 5.66. The number of anilines is 1. The van der Waals surface area contributed by atoms with Gasteiger partial charge in [-0.1, -0.05) is 11.3 Å². The van der Waals surface area contributed by atoms with Crippen molar-refractivity contribution in [1.29, 1.82) is 0 Å². The molecule has 5 nitrogen and oxygen atoms in total. The van der Waals surface area contributed by atoms with E-state index in [0.29, 0.717) is 17.4 Å². The van der Waals surface area contributed by atoms with Gasteiger partial charge >= 0.3 is 0 Å². The molecule has 0 aliphatic rings. The van der Waals surface area contributed by atoms with Crippen molar-refractivity contribution in [2.75, 3.05) is 5.32 Å². The van der Waals surface area contributed by atoms with Crippen LogP contribution < -0.4 is 5.32 Å². The molecule has 0 aliphatic carbocycles. The molecule has 1 N–H and O–H groups in total. The monoisotopic (exact) mass is 352 g/mol. The molecule has 0 fully saturated rings. The third kappa shape index (κ3) is 3.74. The highest BCUT2D eigenvalue weighted by Gasteiger charge is 2.20. The molecule has 0 saturated heterocycles. The summed E-state index contributed by atoms with van der Waals surface area (Å²) in [5.74, 6) is -2.63. The fourth-order valence-electron chi connectivity index (χ4n) is 1.52. The van der Waals surface area contributed by atoms with Crippen LogP contribution in [-0.2, 0) is 9.05 Å². The molecule has 0 aliphatic heterocycles. The third-order valence-electron chi connectivity index (χ3n) is 2.32. The predicted octanol–water partition coefficient (Wildman–Crippen LogP) is 2.91. The molecular formula is C11H7ClF2N2O3S2. The lowest BCUT2D eigenvalue weighted by molar-refractivity contribution is 0.102. The molecule has 21 heavy (non-hydrogen) atoms. The van der Waals surface area contributed by atoms with E-state index in [9.17, 15) is 22.0 Å². The Balaban J connectivity index is 2.28. The molecule has 2 aromatic rings. The lowest BCUT2D eigenvalue weighted by atomic mass is 10.2. The van der Waals surface area contributed by atoms with E-state index in [-0.39, 0.29) is 20.6 Å². The smallest absolute Gasteiger partial charge is 0.272 e. The van der Waals surface area contributed by atoms with Gasteiger partial charge in [-0.3, -0.25) is 10.1 Å². The zero-order chi connectivity index (χ0) is 15.8. The van der Waals surface area contributed by atoms with Crippen molar-refractivity contribution in [1.82, 2.24) is 4.98 Å². The molecule has 0 spiro atoms. The SMILES string of the molecule is Cc1nc(NC(=O)c2cc(F)cc(F)c2)sc1S(=O)(=O)Cl. The van der Waals surface area contributed by atoms with Crippen molar-refractivity contribution in [2.24, 2.45) is 0 Å². The normalized spacial score (nSPS) is 11.4. The summed E-state index contributed by atoms with van der Waals surface area (Å²) in [5, 5.41) is 2.22. The quantitative estimate of drug-likeness (QED) is 0.862. The first-order chi connectivity index (χ1) is 9.66. The molecule has 10 heteroatoms. The molecule has 0 unspecified atom stereocenters. The van der Waals surface area contributed by atoms with Crippen LogP contribution in [0.25, 0.3) is 0 Å². The largest absolute Gasteiger partial charge is 0.298 e. The van der Waals surface area contributed by atoms with E-state index >= 15 is 0 Å². The fourth-order valence-corrected chi connectivity index (χ4v) is 3.86. The Morgan fingerprint density at radius 1 is 1.29 bits per heavy atom. The van der Waals surface area contributed by atoms with Crippen molar-refractivity contribution < 1.29 is 22.0 Å². The number of halogens is 3. The summed E-state index contributed by atoms with van der Waals surface area (Å²) >= 11 is 0.647. The first kappa shape index (κ1) is 15.8. The van der Waals surface area contributed by atoms with E-state index < -0.39 is 26.6 Å². The van der Waals surface area contributed by atoms with E-state index in [1.807, 2.05) is 0 Å². The summed E-state index contributed by atoms with van der Waals surface area (Å²) in [5.41, 5.74) is -0.133. The van der Waals surface area contributed by atoms with Gasteiger partial charge in [-0.25, -0.2) is 22.2 Å². The zero-order valence-electron chi connectivity index (χ0n) is 10.4. The Morgan fingerprint density at radius 2 is 1.86 bits per heavy atom. The summed E-state index contributed by atoms with van der Waals surface area (Å²) in [6, 6.07) is 2.32. The van der Waals surface area contributed by atoms with Gasteiger partial charge in [-0.2, -0.15) is 0 Å². The Bertz CT molecular complexity index is 801. The van der Waals surface area contributed by atoms with Crippen LogP contribution in [0.5, 0.6) is 0 Å². The lowest BCUT2D eigenvalue weighted by Gasteiger charge is -2.02. The van der Waals surface area contributed by atoms with E-state index in [0.717, 1.165) is 12.1 Å². The maximum atomic E-state index is 13.0. The first-order valence-corrected chi connectivity index (χ1v) is 8.49. The number of carbonyl (C=O) groups excluding carboxylic acids is 1. The van der Waals surface area contributed by atoms with E-state index in [4.69, 9.17) is 10.7 Å². The second-order valence-electron chi connectivity index (χ2n) is 3.94. The molecule has 0 radical (unpaired) electrons. The van der Waals surface area contributed by atoms with Gasteiger partial charge in [0, 0.05) is 22.3 Å². The van der Waals surface area contributed by atoms with Crippen molar-refractivity contribution in [2.45, 2.75) is 11.1 Å². The predicted molar refractivity (Wildman–Crippen MR) is 74.2 cm³/mol. The molecule has 112 valence electrons. The molecule has 1 amide bonds. The number of amides is 1. The Kier molecular flexibility index (Phi) is 4.26. The zero-order valence-corrected chi connectivity index (χ0v) is 12.7. The highest BCUT2D eigenvalue weighted by Crippen LogP contribution is 2.29. The number of benzene rings is 1. The van der Waals surface area contributed by atoms with Gasteiger partial charge in [-0.15, -0.1) is 0 Å². The highest BCUT2D eigenvalue weighted by molar-refractivity contribution is 8.15. The van der Waals surface area contributed by atoms with Crippen LogP contribution in [0.1, 0.15) is 16.1 Å². The van der Waals surface area contributed by atoms with Crippen LogP contribution in [0, 0.1) is 18.6 Å². The molecule has 1 aromatic heterocycles. The second-order valence-corrected chi connectivity index (χ2v) is 7.70. The molecular weight excluding hydrogens is 346 g/mol. The third-order valence-corrected chi connectivity index (χ3v) is 5.57. The van der Waals surface area contributed by atoms with Crippen LogP contribution in [0.3, 0.4) is 0 Å². The molecule has 1 heterocycles. The topological polar surface area (TPSA) is 76.1 Å². The van der Waals surface area contributed by atoms with Crippen molar-refractivity contribution >= 4 is 42.1 Å². The number of carbonyl (C=O) groups is 1.